The molecule has 2 aliphatic heterocycles. The molecule has 0 radical (unpaired) electrons. The first-order chi connectivity index (χ1) is 20.1. The van der Waals surface area contributed by atoms with Crippen molar-refractivity contribution in [3.63, 3.8) is 0 Å². The van der Waals surface area contributed by atoms with Gasteiger partial charge in [0, 0.05) is 57.0 Å². The lowest BCUT2D eigenvalue weighted by Crippen LogP contribution is -2.51. The maximum absolute atomic E-state index is 13.3. The number of morpholine rings is 1. The zero-order valence-electron chi connectivity index (χ0n) is 24.2. The fourth-order valence-electron chi connectivity index (χ4n) is 5.30. The van der Waals surface area contributed by atoms with Crippen LogP contribution in [0, 0.1) is 0 Å². The van der Waals surface area contributed by atoms with Gasteiger partial charge >= 0.3 is 0 Å². The van der Waals surface area contributed by atoms with Crippen molar-refractivity contribution < 1.29 is 27.5 Å². The molecule has 2 unspecified atom stereocenters. The van der Waals surface area contributed by atoms with E-state index in [0.29, 0.717) is 18.4 Å². The van der Waals surface area contributed by atoms with Crippen LogP contribution in [0.2, 0.25) is 0 Å². The molecule has 11 heteroatoms. The predicted molar refractivity (Wildman–Crippen MR) is 160 cm³/mol. The highest BCUT2D eigenvalue weighted by Crippen LogP contribution is 2.26. The van der Waals surface area contributed by atoms with Gasteiger partial charge in [-0.05, 0) is 66.5 Å². The van der Waals surface area contributed by atoms with E-state index in [1.165, 1.54) is 17.1 Å². The molecule has 3 aromatic rings. The van der Waals surface area contributed by atoms with Gasteiger partial charge in [-0.2, -0.15) is 0 Å². The van der Waals surface area contributed by atoms with E-state index in [2.05, 4.69) is 34.6 Å². The average molecular weight is 598 g/mol. The van der Waals surface area contributed by atoms with Crippen LogP contribution in [0.25, 0.3) is 21.9 Å². The van der Waals surface area contributed by atoms with E-state index >= 15 is 0 Å². The van der Waals surface area contributed by atoms with E-state index in [4.69, 9.17) is 14.3 Å². The summed E-state index contributed by atoms with van der Waals surface area (Å²) >= 11 is 0. The smallest absolute Gasteiger partial charge is 0.264 e. The lowest BCUT2D eigenvalue weighted by molar-refractivity contribution is -0.201. The van der Waals surface area contributed by atoms with Gasteiger partial charge in [0.25, 0.3) is 11.5 Å². The summed E-state index contributed by atoms with van der Waals surface area (Å²) in [6.07, 6.45) is 4.39. The Bertz CT molecular complexity index is 1560. The molecule has 2 aromatic carbocycles. The monoisotopic (exact) mass is 597 g/mol. The molecule has 2 aliphatic rings. The van der Waals surface area contributed by atoms with Crippen LogP contribution in [0.4, 0.5) is 0 Å². The van der Waals surface area contributed by atoms with Crippen LogP contribution in [0.5, 0.6) is 0 Å². The van der Waals surface area contributed by atoms with Gasteiger partial charge in [0.1, 0.15) is 0 Å². The van der Waals surface area contributed by atoms with Crippen molar-refractivity contribution in [2.45, 2.75) is 56.7 Å². The number of hydrogen-bond donors (Lipinski definition) is 1. The lowest BCUT2D eigenvalue weighted by Gasteiger charge is -2.28. The quantitative estimate of drug-likeness (QED) is 0.354. The van der Waals surface area contributed by atoms with E-state index in [1.807, 2.05) is 18.2 Å². The number of hydrogen-bond acceptors (Lipinski definition) is 8. The number of nitrogens with zero attached hydrogens (tertiary/aromatic N) is 2. The van der Waals surface area contributed by atoms with E-state index < -0.39 is 26.8 Å². The van der Waals surface area contributed by atoms with Crippen LogP contribution in [0.3, 0.4) is 0 Å². The van der Waals surface area contributed by atoms with Gasteiger partial charge in [0.15, 0.2) is 20.9 Å². The molecule has 2 fully saturated rings. The molecule has 3 heterocycles. The Morgan fingerprint density at radius 1 is 1.05 bits per heavy atom. The van der Waals surface area contributed by atoms with Crippen LogP contribution in [-0.4, -0.2) is 74.0 Å². The van der Waals surface area contributed by atoms with Crippen molar-refractivity contribution in [3.8, 4) is 11.1 Å². The van der Waals surface area contributed by atoms with Crippen molar-refractivity contribution >= 4 is 26.5 Å². The van der Waals surface area contributed by atoms with E-state index in [0.717, 1.165) is 68.5 Å². The van der Waals surface area contributed by atoms with Crippen LogP contribution in [0.1, 0.15) is 38.2 Å². The summed E-state index contributed by atoms with van der Waals surface area (Å²) in [4.78, 5) is 34.1. The van der Waals surface area contributed by atoms with Gasteiger partial charge in [-0.1, -0.05) is 30.3 Å². The van der Waals surface area contributed by atoms with Crippen LogP contribution < -0.4 is 11.0 Å². The van der Waals surface area contributed by atoms with E-state index in [-0.39, 0.29) is 18.5 Å². The molecule has 226 valence electrons. The first kappa shape index (κ1) is 30.4. The topological polar surface area (TPSA) is 116 Å². The Hall–Kier alpha value is -3.09. The minimum Gasteiger partial charge on any atom is -0.379 e. The fourth-order valence-corrected chi connectivity index (χ4v) is 6.14. The Morgan fingerprint density at radius 2 is 1.79 bits per heavy atom. The molecule has 0 aliphatic carbocycles. The number of carbonyl (C=O) groups excluding carboxylic acids is 1. The third-order valence-electron chi connectivity index (χ3n) is 8.32. The van der Waals surface area contributed by atoms with E-state index in [9.17, 15) is 18.0 Å². The highest BCUT2D eigenvalue weighted by molar-refractivity contribution is 7.92. The second-order valence-corrected chi connectivity index (χ2v) is 13.7. The van der Waals surface area contributed by atoms with E-state index in [1.54, 1.807) is 12.3 Å². The third-order valence-corrected chi connectivity index (χ3v) is 10.3. The molecule has 1 amide bonds. The predicted octanol–water partition coefficient (Wildman–Crippen LogP) is 3.27. The van der Waals surface area contributed by atoms with Crippen LogP contribution in [-0.2, 0) is 42.0 Å². The van der Waals surface area contributed by atoms with Gasteiger partial charge in [-0.25, -0.2) is 18.7 Å². The van der Waals surface area contributed by atoms with Crippen molar-refractivity contribution in [2.24, 2.45) is 0 Å². The summed E-state index contributed by atoms with van der Waals surface area (Å²) in [5.74, 6) is -0.784. The Kier molecular flexibility index (Phi) is 9.44. The number of carbonyl (C=O) groups is 1. The molecule has 1 N–H and O–H groups in total. The molecular formula is C31H39N3O7S. The van der Waals surface area contributed by atoms with Crippen molar-refractivity contribution in [2.75, 3.05) is 39.2 Å². The zero-order valence-corrected chi connectivity index (χ0v) is 25.0. The number of amides is 1. The molecule has 0 spiro atoms. The van der Waals surface area contributed by atoms with Crippen molar-refractivity contribution in [3.05, 3.63) is 70.6 Å². The Morgan fingerprint density at radius 3 is 2.48 bits per heavy atom. The number of aryl methyl sites for hydroxylation is 1. The average Bonchev–Trinajstić information content (AvgIpc) is 3.00. The minimum atomic E-state index is -3.85. The Balaban J connectivity index is 1.27. The number of aromatic nitrogens is 1. The largest absolute Gasteiger partial charge is 0.379 e. The molecule has 0 saturated carbocycles. The zero-order chi connectivity index (χ0) is 29.7. The first-order valence-corrected chi connectivity index (χ1v) is 16.3. The lowest BCUT2D eigenvalue weighted by atomic mass is 10.0. The molecule has 2 atom stereocenters. The number of fused-ring (bicyclic) bond motifs is 1. The summed E-state index contributed by atoms with van der Waals surface area (Å²) in [7, 11) is -3.85. The standard InChI is InChI=1S/C31H39N3O7S/c1-31(42(2,37)38,30(36)32-41-28-5-3-4-18-40-28)13-15-34-14-12-26-21-25(10-11-27(26)29(34)35)24-8-6-23(7-9-24)22-33-16-19-39-20-17-33/h6-12,14,21,28H,3-5,13,15-20,22H2,1-2H3,(H,32,36). The molecule has 10 nitrogen and oxygen atoms in total. The van der Waals surface area contributed by atoms with Gasteiger partial charge in [-0.15, -0.1) is 0 Å². The Labute approximate surface area is 246 Å². The highest BCUT2D eigenvalue weighted by Gasteiger charge is 2.44. The summed E-state index contributed by atoms with van der Waals surface area (Å²) in [6.45, 7) is 6.23. The third kappa shape index (κ3) is 6.92. The van der Waals surface area contributed by atoms with Gasteiger partial charge in [-0.3, -0.25) is 14.5 Å². The minimum absolute atomic E-state index is 0.0397. The summed E-state index contributed by atoms with van der Waals surface area (Å²) < 4.78 is 36.0. The van der Waals surface area contributed by atoms with Gasteiger partial charge in [0.05, 0.1) is 13.2 Å². The highest BCUT2D eigenvalue weighted by atomic mass is 32.2. The normalized spacial score (nSPS) is 19.8. The number of pyridine rings is 1. The van der Waals surface area contributed by atoms with Gasteiger partial charge in [0.2, 0.25) is 0 Å². The van der Waals surface area contributed by atoms with Crippen molar-refractivity contribution in [1.29, 1.82) is 0 Å². The summed E-state index contributed by atoms with van der Waals surface area (Å²) in [5.41, 5.74) is 5.34. The fraction of sp³-hybridized carbons (Fsp3) is 0.484. The maximum atomic E-state index is 13.3. The number of sulfone groups is 1. The molecule has 5 rings (SSSR count). The number of hydroxylamine groups is 1. The first-order valence-electron chi connectivity index (χ1n) is 14.4. The van der Waals surface area contributed by atoms with Gasteiger partial charge < -0.3 is 14.0 Å². The summed E-state index contributed by atoms with van der Waals surface area (Å²) in [6, 6.07) is 16.0. The maximum Gasteiger partial charge on any atom is 0.264 e. The number of rotatable bonds is 10. The molecular weight excluding hydrogens is 558 g/mol. The number of nitrogens with one attached hydrogen (secondary N) is 1. The molecule has 42 heavy (non-hydrogen) atoms. The summed E-state index contributed by atoms with van der Waals surface area (Å²) in [5, 5.41) is 1.31. The number of ether oxygens (including phenoxy) is 2. The molecule has 0 bridgehead atoms. The number of benzene rings is 2. The van der Waals surface area contributed by atoms with Crippen LogP contribution >= 0.6 is 0 Å². The second-order valence-electron chi connectivity index (χ2n) is 11.3. The molecule has 1 aromatic heterocycles. The van der Waals surface area contributed by atoms with Crippen LogP contribution in [0.15, 0.2) is 59.5 Å². The second kappa shape index (κ2) is 13.0. The molecule has 2 saturated heterocycles. The SMILES string of the molecule is CC(CCn1ccc2cc(-c3ccc(CN4CCOCC4)cc3)ccc2c1=O)(C(=O)NOC1CCCCO1)S(C)(=O)=O. The van der Waals surface area contributed by atoms with Crippen molar-refractivity contribution in [1.82, 2.24) is 14.9 Å².